The number of allylic oxidation sites excluding steroid dienone is 1. The summed E-state index contributed by atoms with van der Waals surface area (Å²) in [4.78, 5) is 13.2. The molecule has 1 saturated heterocycles. The molecule has 0 aromatic carbocycles. The summed E-state index contributed by atoms with van der Waals surface area (Å²) in [6.07, 6.45) is -6.93. The lowest BCUT2D eigenvalue weighted by atomic mass is 9.74. The highest BCUT2D eigenvalue weighted by atomic mass is 16.7. The Hall–Kier alpha value is -1.01. The predicted octanol–water partition coefficient (Wildman–Crippen LogP) is 3.92. The van der Waals surface area contributed by atoms with E-state index in [0.717, 1.165) is 6.20 Å². The number of rotatable bonds is 1. The van der Waals surface area contributed by atoms with Crippen LogP contribution >= 0.6 is 0 Å². The van der Waals surface area contributed by atoms with Crippen LogP contribution in [0.2, 0.25) is 0 Å². The Kier molecular flexibility index (Phi) is 2.55. The van der Waals surface area contributed by atoms with E-state index in [0.29, 0.717) is 4.90 Å². The Morgan fingerprint density at radius 1 is 1.43 bits per heavy atom. The molecular formula is C17H30BNO4. The number of carbonyl (C=O) groups is 1. The van der Waals surface area contributed by atoms with E-state index in [9.17, 15) is 4.79 Å². The molecule has 1 unspecified atom stereocenters. The largest absolute Gasteiger partial charge is 0.492 e. The Bertz CT molecular complexity index is 774. The first-order valence-corrected chi connectivity index (χ1v) is 7.52. The van der Waals surface area contributed by atoms with Gasteiger partial charge >= 0.3 is 13.2 Å². The van der Waals surface area contributed by atoms with Gasteiger partial charge < -0.3 is 14.0 Å². The van der Waals surface area contributed by atoms with Crippen molar-refractivity contribution < 1.29 is 29.8 Å². The molecule has 0 radical (unpaired) electrons. The van der Waals surface area contributed by atoms with Gasteiger partial charge in [-0.2, -0.15) is 0 Å². The van der Waals surface area contributed by atoms with Crippen molar-refractivity contribution in [3.63, 3.8) is 0 Å². The fourth-order valence-corrected chi connectivity index (χ4v) is 1.97. The second-order valence-corrected chi connectivity index (χ2v) is 7.62. The molecule has 5 nitrogen and oxygen atoms in total. The van der Waals surface area contributed by atoms with Crippen molar-refractivity contribution in [3.8, 4) is 0 Å². The van der Waals surface area contributed by atoms with Crippen molar-refractivity contribution in [1.82, 2.24) is 4.90 Å². The molecule has 2 rings (SSSR count). The normalized spacial score (nSPS) is 40.2. The molecule has 0 saturated carbocycles. The third-order valence-corrected chi connectivity index (χ3v) is 3.93. The maximum absolute atomic E-state index is 12.9. The lowest BCUT2D eigenvalue weighted by molar-refractivity contribution is 0.00578. The lowest BCUT2D eigenvalue weighted by Crippen LogP contribution is -2.42. The molecule has 23 heavy (non-hydrogen) atoms. The Morgan fingerprint density at radius 3 is 2.48 bits per heavy atom. The van der Waals surface area contributed by atoms with Gasteiger partial charge in [-0.3, -0.25) is 4.90 Å². The number of ether oxygens (including phenoxy) is 1. The highest BCUT2D eigenvalue weighted by Gasteiger charge is 2.52. The fraction of sp³-hybridized carbons (Fsp3) is 0.824. The van der Waals surface area contributed by atoms with Gasteiger partial charge in [0.1, 0.15) is 5.60 Å². The summed E-state index contributed by atoms with van der Waals surface area (Å²) in [6, 6.07) is -3.32. The number of nitrogens with zero attached hydrogens (tertiary/aromatic N) is 1. The van der Waals surface area contributed by atoms with Crippen LogP contribution in [-0.4, -0.2) is 40.9 Å². The Morgan fingerprint density at radius 2 is 2.00 bits per heavy atom. The average Bonchev–Trinajstić information content (AvgIpc) is 2.70. The maximum Gasteiger partial charge on any atom is 0.492 e. The van der Waals surface area contributed by atoms with E-state index in [1.54, 1.807) is 27.7 Å². The van der Waals surface area contributed by atoms with E-state index < -0.39 is 61.1 Å². The summed E-state index contributed by atoms with van der Waals surface area (Å²) in [7, 11) is -1.42. The molecule has 2 heterocycles. The summed E-state index contributed by atoms with van der Waals surface area (Å²) in [5, 5.41) is 0. The number of hydrogen-bond acceptors (Lipinski definition) is 4. The fourth-order valence-electron chi connectivity index (χ4n) is 1.97. The second-order valence-electron chi connectivity index (χ2n) is 7.62. The first kappa shape index (κ1) is 10.1. The van der Waals surface area contributed by atoms with Crippen molar-refractivity contribution in [2.45, 2.75) is 90.9 Å². The Labute approximate surface area is 151 Å². The minimum atomic E-state index is -3.42. The van der Waals surface area contributed by atoms with Crippen LogP contribution < -0.4 is 0 Å². The molecule has 0 aromatic heterocycles. The third-order valence-electron chi connectivity index (χ3n) is 3.93. The van der Waals surface area contributed by atoms with Gasteiger partial charge in [0.2, 0.25) is 0 Å². The first-order valence-electron chi connectivity index (χ1n) is 11.5. The van der Waals surface area contributed by atoms with Crippen LogP contribution in [0.3, 0.4) is 0 Å². The van der Waals surface area contributed by atoms with E-state index in [1.807, 2.05) is 0 Å². The zero-order valence-electron chi connectivity index (χ0n) is 22.7. The molecule has 2 aliphatic heterocycles. The van der Waals surface area contributed by atoms with E-state index in [4.69, 9.17) is 25.0 Å². The molecular weight excluding hydrogens is 293 g/mol. The van der Waals surface area contributed by atoms with Crippen LogP contribution in [0.1, 0.15) is 79.0 Å². The first-order chi connectivity index (χ1) is 13.4. The number of carbonyl (C=O) groups excluding carboxylic acids is 1. The molecule has 1 fully saturated rings. The summed E-state index contributed by atoms with van der Waals surface area (Å²) in [6.45, 7) is 8.02. The summed E-state index contributed by atoms with van der Waals surface area (Å²) < 4.78 is 82.7. The van der Waals surface area contributed by atoms with Gasteiger partial charge in [-0.1, -0.05) is 0 Å². The van der Waals surface area contributed by atoms with Crippen LogP contribution in [0.4, 0.5) is 4.79 Å². The summed E-state index contributed by atoms with van der Waals surface area (Å²) >= 11 is 0. The zero-order valence-corrected chi connectivity index (χ0v) is 14.7. The summed E-state index contributed by atoms with van der Waals surface area (Å²) in [5.41, 5.74) is -3.34. The third kappa shape index (κ3) is 3.91. The molecule has 1 atom stereocenters. The van der Waals surface area contributed by atoms with Gasteiger partial charge in [-0.15, -0.1) is 0 Å². The Balaban J connectivity index is 2.75. The topological polar surface area (TPSA) is 48.0 Å². The standard InChI is InChI=1S/C17H30BNO4/c1-12-9-10-13(11-19(12)14(20)21-15(2,3)4)18-22-16(5,6)17(7,8)23-18/h11-12H,9-10H2,1-8H3/i1D3,9D2,10D2,12D. The van der Waals surface area contributed by atoms with Crippen LogP contribution in [0.5, 0.6) is 0 Å². The van der Waals surface area contributed by atoms with E-state index in [2.05, 4.69) is 0 Å². The van der Waals surface area contributed by atoms with E-state index >= 15 is 0 Å². The molecule has 1 amide bonds. The molecule has 6 heteroatoms. The molecule has 0 N–H and O–H groups in total. The van der Waals surface area contributed by atoms with E-state index in [-0.39, 0.29) is 0 Å². The van der Waals surface area contributed by atoms with Crippen LogP contribution in [-0.2, 0) is 14.0 Å². The van der Waals surface area contributed by atoms with Crippen molar-refractivity contribution in [1.29, 1.82) is 0 Å². The highest BCUT2D eigenvalue weighted by molar-refractivity contribution is 6.54. The minimum absolute atomic E-state index is 0.299. The second kappa shape index (κ2) is 5.81. The van der Waals surface area contributed by atoms with Crippen LogP contribution in [0.15, 0.2) is 11.7 Å². The SMILES string of the molecule is [2H]C([2H])([2H])C1([2H])N(C(=O)OC(C)(C)C)C=C(B2OC(C)(C)C(C)(C)O2)C([2H])([2H])C1([2H])[2H]. The van der Waals surface area contributed by atoms with Gasteiger partial charge in [-0.25, -0.2) is 4.79 Å². The molecule has 2 aliphatic rings. The average molecular weight is 331 g/mol. The lowest BCUT2D eigenvalue weighted by Gasteiger charge is -2.33. The molecule has 0 bridgehead atoms. The monoisotopic (exact) mass is 331 g/mol. The predicted molar refractivity (Wildman–Crippen MR) is 90.9 cm³/mol. The van der Waals surface area contributed by atoms with Gasteiger partial charge in [0.15, 0.2) is 0 Å². The smallest absolute Gasteiger partial charge is 0.443 e. The quantitative estimate of drug-likeness (QED) is 0.683. The van der Waals surface area contributed by atoms with Crippen molar-refractivity contribution in [3.05, 3.63) is 11.7 Å². The van der Waals surface area contributed by atoms with Gasteiger partial charge in [0, 0.05) is 21.8 Å². The van der Waals surface area contributed by atoms with Crippen molar-refractivity contribution in [2.75, 3.05) is 0 Å². The van der Waals surface area contributed by atoms with E-state index in [1.165, 1.54) is 20.8 Å². The maximum atomic E-state index is 12.9. The summed E-state index contributed by atoms with van der Waals surface area (Å²) in [5.74, 6) is 0. The molecule has 0 spiro atoms. The van der Waals surface area contributed by atoms with Crippen molar-refractivity contribution >= 4 is 13.2 Å². The van der Waals surface area contributed by atoms with Crippen molar-refractivity contribution in [2.24, 2.45) is 0 Å². The zero-order chi connectivity index (χ0) is 24.6. The number of amides is 1. The van der Waals surface area contributed by atoms with Gasteiger partial charge in [-0.05, 0) is 73.5 Å². The number of hydrogen-bond donors (Lipinski definition) is 0. The van der Waals surface area contributed by atoms with Crippen LogP contribution in [0, 0.1) is 0 Å². The molecule has 130 valence electrons. The minimum Gasteiger partial charge on any atom is -0.443 e. The van der Waals surface area contributed by atoms with Crippen LogP contribution in [0.25, 0.3) is 0 Å². The highest BCUT2D eigenvalue weighted by Crippen LogP contribution is 2.40. The molecule has 0 aliphatic carbocycles. The van der Waals surface area contributed by atoms with Gasteiger partial charge in [0.05, 0.1) is 12.6 Å². The van der Waals surface area contributed by atoms with Gasteiger partial charge in [0.25, 0.3) is 0 Å². The molecule has 0 aromatic rings.